The molecule has 4 heterocycles. The molecule has 5 rings (SSSR count). The summed E-state index contributed by atoms with van der Waals surface area (Å²) in [6.45, 7) is 8.32. The molecular formula is C26H31FN6O2. The summed E-state index contributed by atoms with van der Waals surface area (Å²) in [7, 11) is 1.59. The minimum atomic E-state index is -0.196. The number of methoxy groups -OCH3 is 1. The van der Waals surface area contributed by atoms with E-state index < -0.39 is 0 Å². The molecule has 1 aliphatic rings. The van der Waals surface area contributed by atoms with Gasteiger partial charge in [0.25, 0.3) is 5.56 Å². The van der Waals surface area contributed by atoms with Gasteiger partial charge in [0.15, 0.2) is 5.65 Å². The lowest BCUT2D eigenvalue weighted by atomic mass is 10.2. The molecule has 3 aromatic heterocycles. The van der Waals surface area contributed by atoms with Crippen LogP contribution in [0.25, 0.3) is 16.7 Å². The molecule has 0 atom stereocenters. The predicted molar refractivity (Wildman–Crippen MR) is 133 cm³/mol. The number of aryl methyl sites for hydroxylation is 2. The average molecular weight is 479 g/mol. The maximum atomic E-state index is 13.3. The number of ether oxygens (including phenoxy) is 1. The van der Waals surface area contributed by atoms with Gasteiger partial charge in [0.1, 0.15) is 17.2 Å². The molecule has 0 unspecified atom stereocenters. The summed E-state index contributed by atoms with van der Waals surface area (Å²) in [4.78, 5) is 27.3. The van der Waals surface area contributed by atoms with E-state index in [1.807, 2.05) is 34.1 Å². The van der Waals surface area contributed by atoms with E-state index in [-0.39, 0.29) is 11.4 Å². The largest absolute Gasteiger partial charge is 0.481 e. The highest BCUT2D eigenvalue weighted by Gasteiger charge is 2.19. The third-order valence-corrected chi connectivity index (χ3v) is 6.80. The second kappa shape index (κ2) is 10.1. The van der Waals surface area contributed by atoms with Crippen molar-refractivity contribution in [3.05, 3.63) is 70.2 Å². The Kier molecular flexibility index (Phi) is 6.79. The van der Waals surface area contributed by atoms with Crippen LogP contribution in [0.2, 0.25) is 0 Å². The lowest BCUT2D eigenvalue weighted by Crippen LogP contribution is -2.46. The first-order chi connectivity index (χ1) is 17.1. The molecule has 9 heteroatoms. The first kappa shape index (κ1) is 23.4. The maximum Gasteiger partial charge on any atom is 0.277 e. The Morgan fingerprint density at radius 3 is 2.43 bits per heavy atom. The first-order valence-corrected chi connectivity index (χ1v) is 12.2. The van der Waals surface area contributed by atoms with Crippen LogP contribution in [0.5, 0.6) is 5.88 Å². The van der Waals surface area contributed by atoms with Crippen molar-refractivity contribution in [3.63, 3.8) is 0 Å². The molecule has 1 aromatic carbocycles. The van der Waals surface area contributed by atoms with Gasteiger partial charge in [-0.25, -0.2) is 9.37 Å². The zero-order valence-electron chi connectivity index (χ0n) is 20.3. The Morgan fingerprint density at radius 2 is 1.71 bits per heavy atom. The first-order valence-electron chi connectivity index (χ1n) is 12.2. The summed E-state index contributed by atoms with van der Waals surface area (Å²) in [6, 6.07) is 10.5. The molecule has 0 spiro atoms. The maximum absolute atomic E-state index is 13.3. The SMILES string of the molecule is CCc1ncc2c(=O)n(CCCN3CCN(Cc4ccc(F)cc4)CC3)c3ccc(OC)nc3n12. The monoisotopic (exact) mass is 478 g/mol. The van der Waals surface area contributed by atoms with E-state index in [0.29, 0.717) is 30.0 Å². The third kappa shape index (κ3) is 4.78. The molecule has 4 aromatic rings. The number of imidazole rings is 1. The van der Waals surface area contributed by atoms with Crippen molar-refractivity contribution in [3.8, 4) is 5.88 Å². The van der Waals surface area contributed by atoms with Gasteiger partial charge in [0, 0.05) is 51.8 Å². The van der Waals surface area contributed by atoms with E-state index in [1.54, 1.807) is 19.4 Å². The summed E-state index contributed by atoms with van der Waals surface area (Å²) in [6.07, 6.45) is 3.22. The number of hydrogen-bond acceptors (Lipinski definition) is 6. The minimum Gasteiger partial charge on any atom is -0.481 e. The second-order valence-corrected chi connectivity index (χ2v) is 9.00. The van der Waals surface area contributed by atoms with Gasteiger partial charge in [0.2, 0.25) is 5.88 Å². The Labute approximate surface area is 203 Å². The molecule has 0 amide bonds. The Bertz CT molecular complexity index is 1370. The van der Waals surface area contributed by atoms with E-state index >= 15 is 0 Å². The van der Waals surface area contributed by atoms with Crippen LogP contribution in [0.1, 0.15) is 24.7 Å². The summed E-state index contributed by atoms with van der Waals surface area (Å²) < 4.78 is 22.2. The van der Waals surface area contributed by atoms with E-state index in [0.717, 1.165) is 62.6 Å². The van der Waals surface area contributed by atoms with Gasteiger partial charge < -0.3 is 14.2 Å². The molecule has 0 N–H and O–H groups in total. The van der Waals surface area contributed by atoms with Crippen molar-refractivity contribution >= 4 is 16.7 Å². The highest BCUT2D eigenvalue weighted by molar-refractivity contribution is 5.76. The third-order valence-electron chi connectivity index (χ3n) is 6.80. The molecule has 8 nitrogen and oxygen atoms in total. The number of piperazine rings is 1. The summed E-state index contributed by atoms with van der Waals surface area (Å²) in [5.74, 6) is 1.13. The molecule has 1 saturated heterocycles. The van der Waals surface area contributed by atoms with Gasteiger partial charge in [-0.1, -0.05) is 19.1 Å². The Hall–Kier alpha value is -3.30. The molecule has 0 aliphatic carbocycles. The van der Waals surface area contributed by atoms with Crippen molar-refractivity contribution in [2.24, 2.45) is 0 Å². The fourth-order valence-electron chi connectivity index (χ4n) is 4.88. The zero-order chi connectivity index (χ0) is 24.4. The summed E-state index contributed by atoms with van der Waals surface area (Å²) in [5.41, 5.74) is 3.13. The van der Waals surface area contributed by atoms with Gasteiger partial charge in [0.05, 0.1) is 18.8 Å². The molecule has 1 fully saturated rings. The van der Waals surface area contributed by atoms with Crippen molar-refractivity contribution in [2.75, 3.05) is 39.8 Å². The van der Waals surface area contributed by atoms with Gasteiger partial charge in [-0.2, -0.15) is 4.98 Å². The van der Waals surface area contributed by atoms with Crippen LogP contribution in [-0.2, 0) is 19.5 Å². The van der Waals surface area contributed by atoms with Gasteiger partial charge in [-0.05, 0) is 36.7 Å². The molecule has 35 heavy (non-hydrogen) atoms. The van der Waals surface area contributed by atoms with Gasteiger partial charge in [-0.15, -0.1) is 0 Å². The van der Waals surface area contributed by atoms with Gasteiger partial charge in [-0.3, -0.25) is 14.1 Å². The van der Waals surface area contributed by atoms with Gasteiger partial charge >= 0.3 is 0 Å². The second-order valence-electron chi connectivity index (χ2n) is 9.00. The zero-order valence-corrected chi connectivity index (χ0v) is 20.3. The van der Waals surface area contributed by atoms with Crippen molar-refractivity contribution in [2.45, 2.75) is 32.9 Å². The van der Waals surface area contributed by atoms with Crippen molar-refractivity contribution in [1.82, 2.24) is 28.7 Å². The fourth-order valence-corrected chi connectivity index (χ4v) is 4.88. The van der Waals surface area contributed by atoms with Crippen LogP contribution in [0.15, 0.2) is 47.4 Å². The van der Waals surface area contributed by atoms with Crippen LogP contribution in [-0.4, -0.2) is 68.6 Å². The number of hydrogen-bond donors (Lipinski definition) is 0. The average Bonchev–Trinajstić information content (AvgIpc) is 3.33. The molecule has 0 saturated carbocycles. The molecule has 1 aliphatic heterocycles. The van der Waals surface area contributed by atoms with Crippen molar-refractivity contribution < 1.29 is 9.13 Å². The molecular weight excluding hydrogens is 447 g/mol. The molecule has 0 radical (unpaired) electrons. The van der Waals surface area contributed by atoms with Crippen LogP contribution < -0.4 is 10.3 Å². The lowest BCUT2D eigenvalue weighted by Gasteiger charge is -2.34. The van der Waals surface area contributed by atoms with E-state index in [2.05, 4.69) is 19.8 Å². The lowest BCUT2D eigenvalue weighted by molar-refractivity contribution is 0.125. The number of nitrogens with zero attached hydrogens (tertiary/aromatic N) is 6. The van der Waals surface area contributed by atoms with Crippen LogP contribution in [0.3, 0.4) is 0 Å². The number of fused-ring (bicyclic) bond motifs is 3. The normalized spacial score (nSPS) is 15.3. The standard InChI is InChI=1S/C26H31FN6O2/c1-3-23-28-17-22-26(34)32(21-9-10-24(35-2)29-25(21)33(22)23)12-4-11-30-13-15-31(16-14-30)18-19-5-7-20(27)8-6-19/h5-10,17H,3-4,11-16,18H2,1-2H3. The Balaban J connectivity index is 1.26. The molecule has 0 bridgehead atoms. The Morgan fingerprint density at radius 1 is 0.971 bits per heavy atom. The van der Waals surface area contributed by atoms with E-state index in [9.17, 15) is 9.18 Å². The minimum absolute atomic E-state index is 0.0409. The predicted octanol–water partition coefficient (Wildman–Crippen LogP) is 2.96. The number of benzene rings is 1. The van der Waals surface area contributed by atoms with Crippen LogP contribution in [0, 0.1) is 5.82 Å². The highest BCUT2D eigenvalue weighted by Crippen LogP contribution is 2.19. The topological polar surface area (TPSA) is 67.9 Å². The quantitative estimate of drug-likeness (QED) is 0.388. The summed E-state index contributed by atoms with van der Waals surface area (Å²) in [5, 5.41) is 0. The smallest absolute Gasteiger partial charge is 0.277 e. The highest BCUT2D eigenvalue weighted by atomic mass is 19.1. The summed E-state index contributed by atoms with van der Waals surface area (Å²) >= 11 is 0. The van der Waals surface area contributed by atoms with E-state index in [4.69, 9.17) is 4.74 Å². The van der Waals surface area contributed by atoms with Crippen LogP contribution >= 0.6 is 0 Å². The van der Waals surface area contributed by atoms with E-state index in [1.165, 1.54) is 12.1 Å². The molecule has 184 valence electrons. The van der Waals surface area contributed by atoms with Crippen LogP contribution in [0.4, 0.5) is 4.39 Å². The number of aromatic nitrogens is 4. The number of rotatable bonds is 8. The number of halogens is 1. The number of pyridine rings is 1. The van der Waals surface area contributed by atoms with Crippen molar-refractivity contribution in [1.29, 1.82) is 0 Å². The fraction of sp³-hybridized carbons (Fsp3) is 0.423.